The lowest BCUT2D eigenvalue weighted by Crippen LogP contribution is -2.20. The lowest BCUT2D eigenvalue weighted by atomic mass is 10.3. The van der Waals surface area contributed by atoms with E-state index < -0.39 is 13.5 Å². The molecule has 0 unspecified atom stereocenters. The fourth-order valence-electron chi connectivity index (χ4n) is 2.12. The highest BCUT2D eigenvalue weighted by molar-refractivity contribution is 7.54. The monoisotopic (exact) mass is 325 g/mol. The Bertz CT molecular complexity index is 703. The van der Waals surface area contributed by atoms with E-state index in [1.165, 1.54) is 0 Å². The normalized spacial score (nSPS) is 11.8. The Balaban J connectivity index is 2.13. The van der Waals surface area contributed by atoms with Crippen molar-refractivity contribution in [3.63, 3.8) is 0 Å². The zero-order valence-electron chi connectivity index (χ0n) is 12.9. The summed E-state index contributed by atoms with van der Waals surface area (Å²) in [6.07, 6.45) is -0.335. The fourth-order valence-corrected chi connectivity index (χ4v) is 3.59. The molecule has 8 heteroatoms. The molecule has 0 atom stereocenters. The molecule has 0 saturated carbocycles. The van der Waals surface area contributed by atoms with Gasteiger partial charge in [-0.05, 0) is 26.0 Å². The fraction of sp³-hybridized carbons (Fsp3) is 0.429. The second-order valence-corrected chi connectivity index (χ2v) is 6.69. The van der Waals surface area contributed by atoms with Crippen molar-refractivity contribution in [2.24, 2.45) is 7.05 Å². The second-order valence-electron chi connectivity index (χ2n) is 4.64. The Labute approximate surface area is 129 Å². The van der Waals surface area contributed by atoms with Gasteiger partial charge in [-0.25, -0.2) is 4.98 Å². The number of aryl methyl sites for hydroxylation is 1. The topological polar surface area (TPSA) is 82.5 Å². The summed E-state index contributed by atoms with van der Waals surface area (Å²) in [4.78, 5) is 16.4. The van der Waals surface area contributed by atoms with Crippen LogP contribution in [0.2, 0.25) is 0 Å². The van der Waals surface area contributed by atoms with Gasteiger partial charge in [-0.15, -0.1) is 0 Å². The van der Waals surface area contributed by atoms with Gasteiger partial charge >= 0.3 is 7.60 Å². The van der Waals surface area contributed by atoms with E-state index in [0.29, 0.717) is 5.95 Å². The third-order valence-electron chi connectivity index (χ3n) is 3.03. The Morgan fingerprint density at radius 1 is 1.27 bits per heavy atom. The molecule has 2 rings (SSSR count). The third kappa shape index (κ3) is 3.74. The zero-order valence-corrected chi connectivity index (χ0v) is 13.8. The van der Waals surface area contributed by atoms with E-state index in [9.17, 15) is 9.36 Å². The van der Waals surface area contributed by atoms with Crippen molar-refractivity contribution >= 4 is 30.5 Å². The number of carbonyl (C=O) groups is 1. The van der Waals surface area contributed by atoms with Gasteiger partial charge < -0.3 is 13.6 Å². The second kappa shape index (κ2) is 7.05. The smallest absolute Gasteiger partial charge is 0.313 e. The van der Waals surface area contributed by atoms with Crippen LogP contribution in [-0.4, -0.2) is 34.8 Å². The van der Waals surface area contributed by atoms with Gasteiger partial charge in [0.1, 0.15) is 6.16 Å². The van der Waals surface area contributed by atoms with E-state index in [-0.39, 0.29) is 19.4 Å². The molecule has 1 aromatic carbocycles. The lowest BCUT2D eigenvalue weighted by molar-refractivity contribution is -0.114. The summed E-state index contributed by atoms with van der Waals surface area (Å²) in [5, 5.41) is 2.65. The number of aromatic nitrogens is 2. The van der Waals surface area contributed by atoms with E-state index in [1.807, 2.05) is 24.3 Å². The van der Waals surface area contributed by atoms with Gasteiger partial charge in [0.2, 0.25) is 11.9 Å². The molecule has 0 aliphatic heterocycles. The third-order valence-corrected chi connectivity index (χ3v) is 5.00. The van der Waals surface area contributed by atoms with E-state index in [2.05, 4.69) is 10.3 Å². The molecule has 0 fully saturated rings. The van der Waals surface area contributed by atoms with Crippen LogP contribution in [0, 0.1) is 0 Å². The number of hydrogen-bond acceptors (Lipinski definition) is 5. The number of nitrogens with one attached hydrogen (secondary N) is 1. The molecule has 2 aromatic rings. The van der Waals surface area contributed by atoms with E-state index in [1.54, 1.807) is 25.5 Å². The highest BCUT2D eigenvalue weighted by Gasteiger charge is 2.28. The molecule has 0 saturated heterocycles. The predicted octanol–water partition coefficient (Wildman–Crippen LogP) is 2.78. The molecule has 22 heavy (non-hydrogen) atoms. The quantitative estimate of drug-likeness (QED) is 0.792. The van der Waals surface area contributed by atoms with Gasteiger partial charge in [0.05, 0.1) is 24.2 Å². The minimum atomic E-state index is -3.41. The summed E-state index contributed by atoms with van der Waals surface area (Å²) >= 11 is 0. The molecular weight excluding hydrogens is 305 g/mol. The maximum absolute atomic E-state index is 12.3. The summed E-state index contributed by atoms with van der Waals surface area (Å²) in [6.45, 7) is 3.85. The number of benzene rings is 1. The molecule has 0 spiro atoms. The predicted molar refractivity (Wildman–Crippen MR) is 85.1 cm³/mol. The van der Waals surface area contributed by atoms with Crippen LogP contribution in [0.25, 0.3) is 11.0 Å². The molecule has 1 N–H and O–H groups in total. The summed E-state index contributed by atoms with van der Waals surface area (Å²) in [5.74, 6) is -0.0608. The van der Waals surface area contributed by atoms with Gasteiger partial charge in [-0.2, -0.15) is 0 Å². The average Bonchev–Trinajstić information content (AvgIpc) is 2.76. The molecule has 0 aliphatic carbocycles. The summed E-state index contributed by atoms with van der Waals surface area (Å²) in [5.41, 5.74) is 1.67. The lowest BCUT2D eigenvalue weighted by Gasteiger charge is -2.16. The van der Waals surface area contributed by atoms with Crippen LogP contribution in [0.15, 0.2) is 24.3 Å². The van der Waals surface area contributed by atoms with Gasteiger partial charge in [-0.1, -0.05) is 12.1 Å². The zero-order chi connectivity index (χ0) is 16.2. The first-order chi connectivity index (χ1) is 10.5. The number of nitrogens with zero attached hydrogens (tertiary/aromatic N) is 2. The number of anilines is 1. The molecule has 1 heterocycles. The molecule has 0 aliphatic rings. The average molecular weight is 325 g/mol. The number of fused-ring (bicyclic) bond motifs is 1. The first kappa shape index (κ1) is 16.7. The highest BCUT2D eigenvalue weighted by atomic mass is 31.2. The highest BCUT2D eigenvalue weighted by Crippen LogP contribution is 2.47. The first-order valence-electron chi connectivity index (χ1n) is 7.08. The Kier molecular flexibility index (Phi) is 5.34. The maximum Gasteiger partial charge on any atom is 0.340 e. The van der Waals surface area contributed by atoms with Crippen molar-refractivity contribution in [1.82, 2.24) is 9.55 Å². The summed E-state index contributed by atoms with van der Waals surface area (Å²) in [7, 11) is -1.61. The van der Waals surface area contributed by atoms with Crippen LogP contribution < -0.4 is 5.32 Å². The first-order valence-corrected chi connectivity index (χ1v) is 8.81. The Morgan fingerprint density at radius 3 is 2.50 bits per heavy atom. The molecule has 0 radical (unpaired) electrons. The number of carbonyl (C=O) groups excluding carboxylic acids is 1. The maximum atomic E-state index is 12.3. The van der Waals surface area contributed by atoms with Crippen LogP contribution in [0.4, 0.5) is 5.95 Å². The Morgan fingerprint density at radius 2 is 1.91 bits per heavy atom. The molecule has 1 amide bonds. The van der Waals surface area contributed by atoms with Crippen molar-refractivity contribution in [3.05, 3.63) is 24.3 Å². The molecule has 1 aromatic heterocycles. The van der Waals surface area contributed by atoms with Gasteiger partial charge in [0.15, 0.2) is 0 Å². The van der Waals surface area contributed by atoms with E-state index in [4.69, 9.17) is 9.05 Å². The van der Waals surface area contributed by atoms with Gasteiger partial charge in [0, 0.05) is 7.05 Å². The Hall–Kier alpha value is -1.69. The van der Waals surface area contributed by atoms with Crippen molar-refractivity contribution < 1.29 is 18.4 Å². The van der Waals surface area contributed by atoms with Gasteiger partial charge in [-0.3, -0.25) is 14.7 Å². The number of imidazole rings is 1. The van der Waals surface area contributed by atoms with E-state index in [0.717, 1.165) is 11.0 Å². The van der Waals surface area contributed by atoms with Crippen LogP contribution in [0.5, 0.6) is 0 Å². The molecule has 7 nitrogen and oxygen atoms in total. The van der Waals surface area contributed by atoms with Crippen LogP contribution in [0.3, 0.4) is 0 Å². The summed E-state index contributed by atoms with van der Waals surface area (Å²) < 4.78 is 24.3. The molecular formula is C14H20N3O4P. The molecule has 120 valence electrons. The van der Waals surface area contributed by atoms with Crippen LogP contribution in [-0.2, 0) is 25.5 Å². The number of para-hydroxylation sites is 2. The minimum absolute atomic E-state index is 0.219. The van der Waals surface area contributed by atoms with Crippen molar-refractivity contribution in [2.45, 2.75) is 13.8 Å². The van der Waals surface area contributed by atoms with Crippen molar-refractivity contribution in [2.75, 3.05) is 24.7 Å². The van der Waals surface area contributed by atoms with Crippen LogP contribution >= 0.6 is 7.60 Å². The van der Waals surface area contributed by atoms with E-state index >= 15 is 0 Å². The minimum Gasteiger partial charge on any atom is -0.313 e. The van der Waals surface area contributed by atoms with Crippen LogP contribution in [0.1, 0.15) is 13.8 Å². The number of amides is 1. The number of hydrogen-bond donors (Lipinski definition) is 1. The molecule has 0 bridgehead atoms. The SMILES string of the molecule is CCOP(=O)(CC(=O)Nc1nc2ccccc2n1C)OCC. The summed E-state index contributed by atoms with van der Waals surface area (Å²) in [6, 6.07) is 7.53. The van der Waals surface area contributed by atoms with Gasteiger partial charge in [0.25, 0.3) is 0 Å². The standard InChI is InChI=1S/C14H20N3O4P/c1-4-20-22(19,21-5-2)10-13(18)16-14-15-11-8-6-7-9-12(11)17(14)3/h6-9H,4-5,10H2,1-3H3,(H,15,16,18). The largest absolute Gasteiger partial charge is 0.340 e. The number of rotatable bonds is 7. The van der Waals surface area contributed by atoms with Crippen molar-refractivity contribution in [1.29, 1.82) is 0 Å². The van der Waals surface area contributed by atoms with Crippen molar-refractivity contribution in [3.8, 4) is 0 Å².